The largest absolute Gasteiger partial charge is 0.494 e. The van der Waals surface area contributed by atoms with E-state index in [2.05, 4.69) is 9.97 Å². The van der Waals surface area contributed by atoms with Crippen LogP contribution in [0.5, 0.6) is 11.6 Å². The number of benzene rings is 1. The van der Waals surface area contributed by atoms with Gasteiger partial charge in [-0.25, -0.2) is 0 Å². The van der Waals surface area contributed by atoms with Gasteiger partial charge in [0.25, 0.3) is 5.88 Å². The Morgan fingerprint density at radius 3 is 2.59 bits per heavy atom. The van der Waals surface area contributed by atoms with Crippen molar-refractivity contribution in [1.82, 2.24) is 9.97 Å². The molecule has 0 atom stereocenters. The number of aromatic nitrogens is 2. The maximum Gasteiger partial charge on any atom is 0.395 e. The molecule has 114 valence electrons. The maximum atomic E-state index is 11.5. The van der Waals surface area contributed by atoms with Crippen LogP contribution in [0.15, 0.2) is 29.1 Å². The van der Waals surface area contributed by atoms with Gasteiger partial charge in [0.1, 0.15) is 11.6 Å². The third-order valence-electron chi connectivity index (χ3n) is 2.70. The minimum absolute atomic E-state index is 0.0157. The molecule has 0 bridgehead atoms. The van der Waals surface area contributed by atoms with Crippen LogP contribution in [0.4, 0.5) is 5.69 Å². The third-order valence-corrected chi connectivity index (χ3v) is 2.70. The molecule has 2 rings (SSSR count). The highest BCUT2D eigenvalue weighted by Crippen LogP contribution is 2.18. The second-order valence-corrected chi connectivity index (χ2v) is 4.22. The zero-order chi connectivity index (χ0) is 16.1. The number of hydrogen-bond donors (Lipinski definition) is 2. The van der Waals surface area contributed by atoms with Gasteiger partial charge in [0.15, 0.2) is 0 Å². The van der Waals surface area contributed by atoms with Gasteiger partial charge in [-0.1, -0.05) is 18.2 Å². The molecule has 1 heterocycles. The van der Waals surface area contributed by atoms with Crippen molar-refractivity contribution < 1.29 is 14.8 Å². The summed E-state index contributed by atoms with van der Waals surface area (Å²) in [5.74, 6) is -0.166. The van der Waals surface area contributed by atoms with Crippen molar-refractivity contribution in [3.8, 4) is 11.6 Å². The number of nitro groups is 1. The SMILES string of the molecule is CCOc1ccc(/C=C\c2nc(O)c([N+](=O)[O-])c(=O)[nH]2)cc1. The topological polar surface area (TPSA) is 118 Å². The Bertz CT molecular complexity index is 765. The van der Waals surface area contributed by atoms with Crippen LogP contribution in [0.3, 0.4) is 0 Å². The van der Waals surface area contributed by atoms with Crippen LogP contribution < -0.4 is 10.3 Å². The lowest BCUT2D eigenvalue weighted by Gasteiger charge is -2.02. The molecule has 0 unspecified atom stereocenters. The summed E-state index contributed by atoms with van der Waals surface area (Å²) < 4.78 is 5.31. The smallest absolute Gasteiger partial charge is 0.395 e. The second kappa shape index (κ2) is 6.53. The van der Waals surface area contributed by atoms with Crippen LogP contribution in [-0.2, 0) is 0 Å². The van der Waals surface area contributed by atoms with Crippen molar-refractivity contribution in [3.05, 3.63) is 56.1 Å². The molecule has 8 heteroatoms. The molecule has 1 aromatic carbocycles. The van der Waals surface area contributed by atoms with E-state index >= 15 is 0 Å². The minimum Gasteiger partial charge on any atom is -0.494 e. The van der Waals surface area contributed by atoms with Crippen molar-refractivity contribution in [2.75, 3.05) is 6.61 Å². The monoisotopic (exact) mass is 303 g/mol. The van der Waals surface area contributed by atoms with Gasteiger partial charge in [-0.15, -0.1) is 0 Å². The fourth-order valence-electron chi connectivity index (χ4n) is 1.73. The highest BCUT2D eigenvalue weighted by Gasteiger charge is 2.21. The zero-order valence-corrected chi connectivity index (χ0v) is 11.6. The lowest BCUT2D eigenvalue weighted by molar-refractivity contribution is -0.387. The van der Waals surface area contributed by atoms with Crippen molar-refractivity contribution in [2.24, 2.45) is 0 Å². The summed E-state index contributed by atoms with van der Waals surface area (Å²) >= 11 is 0. The Labute approximate surface area is 124 Å². The standard InChI is InChI=1S/C14H13N3O5/c1-2-22-10-6-3-9(4-7-10)5-8-11-15-13(18)12(17(20)21)14(19)16-11/h3-8H,2H2,1H3,(H2,15,16,18,19)/b8-5-. The molecule has 2 aromatic rings. The molecule has 0 aliphatic carbocycles. The number of rotatable bonds is 5. The van der Waals surface area contributed by atoms with E-state index in [1.54, 1.807) is 30.3 Å². The minimum atomic E-state index is -1.01. The van der Waals surface area contributed by atoms with Crippen LogP contribution >= 0.6 is 0 Å². The van der Waals surface area contributed by atoms with Crippen molar-refractivity contribution in [1.29, 1.82) is 0 Å². The maximum absolute atomic E-state index is 11.5. The van der Waals surface area contributed by atoms with E-state index < -0.39 is 22.0 Å². The first-order chi connectivity index (χ1) is 10.5. The summed E-state index contributed by atoms with van der Waals surface area (Å²) in [5.41, 5.74) is -1.17. The molecule has 8 nitrogen and oxygen atoms in total. The number of H-pyrrole nitrogens is 1. The van der Waals surface area contributed by atoms with Crippen LogP contribution in [0.25, 0.3) is 12.2 Å². The molecule has 2 N–H and O–H groups in total. The first-order valence-corrected chi connectivity index (χ1v) is 6.40. The fraction of sp³-hybridized carbons (Fsp3) is 0.143. The average Bonchev–Trinajstić information content (AvgIpc) is 2.46. The van der Waals surface area contributed by atoms with E-state index in [1.807, 2.05) is 6.92 Å². The predicted octanol–water partition coefficient (Wildman–Crippen LogP) is 1.95. The number of nitrogens with one attached hydrogen (secondary N) is 1. The fourth-order valence-corrected chi connectivity index (χ4v) is 1.73. The number of hydrogen-bond acceptors (Lipinski definition) is 6. The lowest BCUT2D eigenvalue weighted by Crippen LogP contribution is -2.14. The molecule has 0 aliphatic rings. The van der Waals surface area contributed by atoms with Crippen LogP contribution in [0.1, 0.15) is 18.3 Å². The number of ether oxygens (including phenoxy) is 1. The molecular weight excluding hydrogens is 290 g/mol. The Balaban J connectivity index is 2.23. The Morgan fingerprint density at radius 2 is 2.05 bits per heavy atom. The predicted molar refractivity (Wildman–Crippen MR) is 79.7 cm³/mol. The molecule has 0 fully saturated rings. The van der Waals surface area contributed by atoms with Gasteiger partial charge >= 0.3 is 11.2 Å². The summed E-state index contributed by atoms with van der Waals surface area (Å²) in [7, 11) is 0. The van der Waals surface area contributed by atoms with E-state index in [0.29, 0.717) is 6.61 Å². The van der Waals surface area contributed by atoms with Gasteiger partial charge in [0, 0.05) is 0 Å². The molecule has 0 amide bonds. The Morgan fingerprint density at radius 1 is 1.36 bits per heavy atom. The number of nitrogens with zero attached hydrogens (tertiary/aromatic N) is 2. The van der Waals surface area contributed by atoms with Gasteiger partial charge in [-0.2, -0.15) is 4.98 Å². The van der Waals surface area contributed by atoms with Crippen molar-refractivity contribution in [2.45, 2.75) is 6.92 Å². The summed E-state index contributed by atoms with van der Waals surface area (Å²) in [5, 5.41) is 20.0. The van der Waals surface area contributed by atoms with Gasteiger partial charge in [-0.05, 0) is 30.7 Å². The van der Waals surface area contributed by atoms with Crippen LogP contribution in [0, 0.1) is 10.1 Å². The van der Waals surface area contributed by atoms with Crippen molar-refractivity contribution >= 4 is 17.8 Å². The average molecular weight is 303 g/mol. The van der Waals surface area contributed by atoms with Gasteiger partial charge in [-0.3, -0.25) is 14.9 Å². The number of aromatic amines is 1. The molecular formula is C14H13N3O5. The van der Waals surface area contributed by atoms with Gasteiger partial charge < -0.3 is 14.8 Å². The highest BCUT2D eigenvalue weighted by molar-refractivity contribution is 5.67. The highest BCUT2D eigenvalue weighted by atomic mass is 16.6. The lowest BCUT2D eigenvalue weighted by atomic mass is 10.2. The molecule has 0 spiro atoms. The third kappa shape index (κ3) is 3.48. The summed E-state index contributed by atoms with van der Waals surface area (Å²) in [6.45, 7) is 2.46. The molecule has 0 saturated carbocycles. The van der Waals surface area contributed by atoms with E-state index in [9.17, 15) is 20.0 Å². The molecule has 22 heavy (non-hydrogen) atoms. The summed E-state index contributed by atoms with van der Waals surface area (Å²) in [6, 6.07) is 7.16. The molecule has 0 aliphatic heterocycles. The van der Waals surface area contributed by atoms with E-state index in [0.717, 1.165) is 11.3 Å². The first-order valence-electron chi connectivity index (χ1n) is 6.40. The molecule has 0 radical (unpaired) electrons. The number of aromatic hydroxyl groups is 1. The van der Waals surface area contributed by atoms with Crippen LogP contribution in [0.2, 0.25) is 0 Å². The Kier molecular flexibility index (Phi) is 4.52. The second-order valence-electron chi connectivity index (χ2n) is 4.22. The summed E-state index contributed by atoms with van der Waals surface area (Å²) in [6.07, 6.45) is 3.07. The normalized spacial score (nSPS) is 10.8. The quantitative estimate of drug-likeness (QED) is 0.643. The van der Waals surface area contributed by atoms with Gasteiger partial charge in [0.05, 0.1) is 11.5 Å². The first kappa shape index (κ1) is 15.2. The van der Waals surface area contributed by atoms with Gasteiger partial charge in [0.2, 0.25) is 0 Å². The van der Waals surface area contributed by atoms with Crippen LogP contribution in [-0.4, -0.2) is 26.6 Å². The van der Waals surface area contributed by atoms with E-state index in [1.165, 1.54) is 6.08 Å². The molecule has 1 aromatic heterocycles. The summed E-state index contributed by atoms with van der Waals surface area (Å²) in [4.78, 5) is 26.9. The van der Waals surface area contributed by atoms with Crippen molar-refractivity contribution in [3.63, 3.8) is 0 Å². The van der Waals surface area contributed by atoms with E-state index in [-0.39, 0.29) is 5.82 Å². The molecule has 0 saturated heterocycles. The Hall–Kier alpha value is -3.16. The van der Waals surface area contributed by atoms with E-state index in [4.69, 9.17) is 4.74 Å². The zero-order valence-electron chi connectivity index (χ0n) is 11.6.